The smallest absolute Gasteiger partial charge is 0.112 e. The Hall–Kier alpha value is -0.490. The third-order valence-electron chi connectivity index (χ3n) is 2.26. The topological polar surface area (TPSA) is 37.4 Å². The van der Waals surface area contributed by atoms with E-state index in [0.717, 1.165) is 31.3 Å². The molecule has 1 aliphatic heterocycles. The molecule has 1 aliphatic rings. The van der Waals surface area contributed by atoms with E-state index in [2.05, 4.69) is 29.3 Å². The van der Waals surface area contributed by atoms with E-state index in [1.165, 1.54) is 4.88 Å². The normalized spacial score (nSPS) is 22.2. The Balaban J connectivity index is 1.99. The van der Waals surface area contributed by atoms with Crippen LogP contribution >= 0.6 is 11.3 Å². The largest absolute Gasteiger partial charge is 0.378 e. The van der Waals surface area contributed by atoms with Crippen molar-refractivity contribution < 1.29 is 4.74 Å². The van der Waals surface area contributed by atoms with Crippen molar-refractivity contribution in [3.8, 4) is 0 Å². The molecule has 0 radical (unpaired) electrons. The minimum Gasteiger partial charge on any atom is -0.378 e. The number of thiazole rings is 1. The summed E-state index contributed by atoms with van der Waals surface area (Å²) >= 11 is 1.77. The molecule has 1 saturated heterocycles. The monoisotopic (exact) mass is 227 g/mol. The zero-order chi connectivity index (χ0) is 10.7. The molecule has 1 aromatic heterocycles. The first-order valence-corrected chi connectivity index (χ1v) is 5.98. The van der Waals surface area contributed by atoms with Gasteiger partial charge in [0.05, 0.1) is 19.3 Å². The van der Waals surface area contributed by atoms with E-state index in [1.807, 2.05) is 6.20 Å². The first kappa shape index (κ1) is 11.0. The molecule has 1 aromatic rings. The van der Waals surface area contributed by atoms with E-state index in [9.17, 15) is 0 Å². The van der Waals surface area contributed by atoms with E-state index in [4.69, 9.17) is 4.74 Å². The number of nitrogens with one attached hydrogen (secondary N) is 1. The van der Waals surface area contributed by atoms with Gasteiger partial charge in [-0.3, -0.25) is 0 Å². The molecule has 5 heteroatoms. The Morgan fingerprint density at radius 1 is 1.67 bits per heavy atom. The summed E-state index contributed by atoms with van der Waals surface area (Å²) in [6.45, 7) is 3.44. The van der Waals surface area contributed by atoms with E-state index >= 15 is 0 Å². The minimum atomic E-state index is 0.291. The van der Waals surface area contributed by atoms with Gasteiger partial charge in [-0.1, -0.05) is 0 Å². The van der Waals surface area contributed by atoms with Crippen molar-refractivity contribution in [3.63, 3.8) is 0 Å². The number of ether oxygens (including phenoxy) is 1. The van der Waals surface area contributed by atoms with Gasteiger partial charge in [0.2, 0.25) is 0 Å². The molecule has 15 heavy (non-hydrogen) atoms. The van der Waals surface area contributed by atoms with Crippen molar-refractivity contribution in [2.24, 2.45) is 0 Å². The Kier molecular flexibility index (Phi) is 3.69. The lowest BCUT2D eigenvalue weighted by Gasteiger charge is -2.21. The summed E-state index contributed by atoms with van der Waals surface area (Å²) < 4.78 is 5.42. The van der Waals surface area contributed by atoms with Crippen LogP contribution in [0.2, 0.25) is 0 Å². The van der Waals surface area contributed by atoms with Gasteiger partial charge in [-0.25, -0.2) is 4.98 Å². The third-order valence-corrected chi connectivity index (χ3v) is 3.36. The molecule has 0 amide bonds. The van der Waals surface area contributed by atoms with Crippen LogP contribution in [0.1, 0.15) is 15.9 Å². The van der Waals surface area contributed by atoms with Crippen LogP contribution in [0, 0.1) is 0 Å². The second kappa shape index (κ2) is 5.03. The zero-order valence-corrected chi connectivity index (χ0v) is 10.0. The highest BCUT2D eigenvalue weighted by atomic mass is 32.1. The minimum absolute atomic E-state index is 0.291. The highest BCUT2D eigenvalue weighted by molar-refractivity contribution is 7.11. The summed E-state index contributed by atoms with van der Waals surface area (Å²) in [5.41, 5.74) is 0. The van der Waals surface area contributed by atoms with Crippen molar-refractivity contribution in [2.75, 3.05) is 33.9 Å². The van der Waals surface area contributed by atoms with E-state index < -0.39 is 0 Å². The SMILES string of the molecule is CN(C)Cc1cnc(C2COCCN2)s1. The lowest BCUT2D eigenvalue weighted by Crippen LogP contribution is -2.34. The van der Waals surface area contributed by atoms with E-state index in [-0.39, 0.29) is 0 Å². The maximum Gasteiger partial charge on any atom is 0.112 e. The first-order valence-electron chi connectivity index (χ1n) is 5.16. The summed E-state index contributed by atoms with van der Waals surface area (Å²) in [6, 6.07) is 0.291. The van der Waals surface area contributed by atoms with Crippen molar-refractivity contribution >= 4 is 11.3 Å². The van der Waals surface area contributed by atoms with Crippen LogP contribution in [0.5, 0.6) is 0 Å². The van der Waals surface area contributed by atoms with Crippen LogP contribution in [0.4, 0.5) is 0 Å². The standard InChI is InChI=1S/C10H17N3OS/c1-13(2)6-8-5-12-10(15-8)9-7-14-4-3-11-9/h5,9,11H,3-4,6-7H2,1-2H3. The lowest BCUT2D eigenvalue weighted by molar-refractivity contribution is 0.0768. The number of rotatable bonds is 3. The summed E-state index contributed by atoms with van der Waals surface area (Å²) in [6.07, 6.45) is 1.97. The second-order valence-corrected chi connectivity index (χ2v) is 5.13. The Bertz CT molecular complexity index is 307. The van der Waals surface area contributed by atoms with Crippen LogP contribution < -0.4 is 5.32 Å². The summed E-state index contributed by atoms with van der Waals surface area (Å²) in [7, 11) is 4.14. The lowest BCUT2D eigenvalue weighted by atomic mass is 10.3. The fourth-order valence-electron chi connectivity index (χ4n) is 1.59. The Labute approximate surface area is 94.3 Å². The molecule has 1 N–H and O–H groups in total. The maximum atomic E-state index is 5.42. The van der Waals surface area contributed by atoms with Gasteiger partial charge in [0.25, 0.3) is 0 Å². The van der Waals surface area contributed by atoms with Crippen LogP contribution in [0.3, 0.4) is 0 Å². The molecule has 1 unspecified atom stereocenters. The fraction of sp³-hybridized carbons (Fsp3) is 0.700. The molecule has 0 saturated carbocycles. The average Bonchev–Trinajstić information content (AvgIpc) is 2.67. The van der Waals surface area contributed by atoms with Crippen molar-refractivity contribution in [1.82, 2.24) is 15.2 Å². The molecule has 84 valence electrons. The van der Waals surface area contributed by atoms with Crippen LogP contribution in [0.25, 0.3) is 0 Å². The van der Waals surface area contributed by atoms with Gasteiger partial charge >= 0.3 is 0 Å². The summed E-state index contributed by atoms with van der Waals surface area (Å²) in [5, 5.41) is 4.56. The number of nitrogens with zero attached hydrogens (tertiary/aromatic N) is 2. The maximum absolute atomic E-state index is 5.42. The number of hydrogen-bond donors (Lipinski definition) is 1. The van der Waals surface area contributed by atoms with Gasteiger partial charge in [-0.2, -0.15) is 0 Å². The molecule has 2 heterocycles. The second-order valence-electron chi connectivity index (χ2n) is 3.98. The van der Waals surface area contributed by atoms with Gasteiger partial charge < -0.3 is 15.0 Å². The van der Waals surface area contributed by atoms with Gasteiger partial charge in [0, 0.05) is 24.2 Å². The number of morpholine rings is 1. The van der Waals surface area contributed by atoms with E-state index in [1.54, 1.807) is 11.3 Å². The zero-order valence-electron chi connectivity index (χ0n) is 9.19. The highest BCUT2D eigenvalue weighted by Crippen LogP contribution is 2.22. The summed E-state index contributed by atoms with van der Waals surface area (Å²) in [5.74, 6) is 0. The van der Waals surface area contributed by atoms with Crippen molar-refractivity contribution in [2.45, 2.75) is 12.6 Å². The molecule has 1 fully saturated rings. The fourth-order valence-corrected chi connectivity index (χ4v) is 2.69. The van der Waals surface area contributed by atoms with Crippen LogP contribution in [-0.2, 0) is 11.3 Å². The predicted octanol–water partition coefficient (Wildman–Crippen LogP) is 0.866. The van der Waals surface area contributed by atoms with E-state index in [0.29, 0.717) is 6.04 Å². The Morgan fingerprint density at radius 2 is 2.53 bits per heavy atom. The molecular formula is C10H17N3OS. The molecular weight excluding hydrogens is 210 g/mol. The third kappa shape index (κ3) is 2.98. The molecule has 0 bridgehead atoms. The van der Waals surface area contributed by atoms with Crippen LogP contribution in [-0.4, -0.2) is 43.7 Å². The number of aromatic nitrogens is 1. The quantitative estimate of drug-likeness (QED) is 0.831. The Morgan fingerprint density at radius 3 is 3.20 bits per heavy atom. The molecule has 2 rings (SSSR count). The van der Waals surface area contributed by atoms with Gasteiger partial charge in [0.15, 0.2) is 0 Å². The molecule has 1 atom stereocenters. The molecule has 0 spiro atoms. The molecule has 4 nitrogen and oxygen atoms in total. The first-order chi connectivity index (χ1) is 7.25. The predicted molar refractivity (Wildman–Crippen MR) is 61.1 cm³/mol. The summed E-state index contributed by atoms with van der Waals surface area (Å²) in [4.78, 5) is 7.90. The van der Waals surface area contributed by atoms with Gasteiger partial charge in [-0.05, 0) is 14.1 Å². The number of hydrogen-bond acceptors (Lipinski definition) is 5. The van der Waals surface area contributed by atoms with Crippen molar-refractivity contribution in [3.05, 3.63) is 16.1 Å². The molecule has 0 aliphatic carbocycles. The average molecular weight is 227 g/mol. The highest BCUT2D eigenvalue weighted by Gasteiger charge is 2.18. The van der Waals surface area contributed by atoms with Crippen molar-refractivity contribution in [1.29, 1.82) is 0 Å². The molecule has 0 aromatic carbocycles. The van der Waals surface area contributed by atoms with Gasteiger partial charge in [0.1, 0.15) is 5.01 Å². The van der Waals surface area contributed by atoms with Crippen LogP contribution in [0.15, 0.2) is 6.20 Å². The van der Waals surface area contributed by atoms with Gasteiger partial charge in [-0.15, -0.1) is 11.3 Å².